The number of hydrogen-bond acceptors (Lipinski definition) is 5. The Bertz CT molecular complexity index is 946. The first-order valence-corrected chi connectivity index (χ1v) is 11.6. The molecule has 0 unspecified atom stereocenters. The van der Waals surface area contributed by atoms with E-state index in [1.807, 2.05) is 55.1 Å². The van der Waals surface area contributed by atoms with Gasteiger partial charge in [-0.25, -0.2) is 0 Å². The van der Waals surface area contributed by atoms with Crippen molar-refractivity contribution in [2.75, 3.05) is 26.2 Å². The van der Waals surface area contributed by atoms with E-state index in [-0.39, 0.29) is 17.7 Å². The van der Waals surface area contributed by atoms with Crippen molar-refractivity contribution in [3.05, 3.63) is 83.5 Å². The quantitative estimate of drug-likeness (QED) is 0.530. The van der Waals surface area contributed by atoms with Crippen molar-refractivity contribution in [2.24, 2.45) is 5.92 Å². The molecule has 6 heteroatoms. The molecular weight excluding hydrogens is 400 g/mol. The number of carbonyl (C=O) groups excluding carboxylic acids is 1. The number of amides is 1. The first-order chi connectivity index (χ1) is 15.7. The molecule has 3 aromatic rings. The first kappa shape index (κ1) is 22.2. The molecule has 168 valence electrons. The molecule has 0 aliphatic carbocycles. The lowest BCUT2D eigenvalue weighted by atomic mass is 9.91. The second-order valence-corrected chi connectivity index (χ2v) is 8.39. The average molecular weight is 433 g/mol. The summed E-state index contributed by atoms with van der Waals surface area (Å²) in [6.07, 6.45) is 1.96. The van der Waals surface area contributed by atoms with Gasteiger partial charge in [-0.2, -0.15) is 4.98 Å². The highest BCUT2D eigenvalue weighted by molar-refractivity contribution is 5.79. The molecule has 32 heavy (non-hydrogen) atoms. The predicted octanol–water partition coefficient (Wildman–Crippen LogP) is 4.33. The average Bonchev–Trinajstić information content (AvgIpc) is 3.29. The summed E-state index contributed by atoms with van der Waals surface area (Å²) < 4.78 is 5.68. The molecule has 1 aliphatic rings. The zero-order chi connectivity index (χ0) is 22.3. The normalized spacial score (nSPS) is 16.9. The molecule has 1 aliphatic heterocycles. The maximum Gasteiger partial charge on any atom is 0.240 e. The van der Waals surface area contributed by atoms with E-state index in [1.54, 1.807) is 0 Å². The van der Waals surface area contributed by atoms with Gasteiger partial charge in [-0.15, -0.1) is 0 Å². The van der Waals surface area contributed by atoms with Gasteiger partial charge in [-0.05, 0) is 44.4 Å². The summed E-state index contributed by atoms with van der Waals surface area (Å²) in [6.45, 7) is 7.87. The topological polar surface area (TPSA) is 62.5 Å². The molecule has 0 saturated carbocycles. The van der Waals surface area contributed by atoms with Crippen LogP contribution >= 0.6 is 0 Å². The summed E-state index contributed by atoms with van der Waals surface area (Å²) in [4.78, 5) is 21.8. The third-order valence-electron chi connectivity index (χ3n) is 6.30. The Morgan fingerprint density at radius 1 is 1.06 bits per heavy atom. The predicted molar refractivity (Wildman–Crippen MR) is 124 cm³/mol. The summed E-state index contributed by atoms with van der Waals surface area (Å²) >= 11 is 0. The fraction of sp³-hybridized carbons (Fsp3) is 0.423. The number of piperidine rings is 1. The Hall–Kier alpha value is -2.99. The molecule has 0 radical (unpaired) electrons. The molecule has 0 bridgehead atoms. The standard InChI is InChI=1S/C26H32N4O2/c1-3-30(4-2)26(31)22-16-11-17-29(18-22)19-23-27-25(28-32-23)24(20-12-7-5-8-13-20)21-14-9-6-10-15-21/h5-10,12-15,22,24H,3-4,11,16-19H2,1-2H3/t22-/m1/s1. The zero-order valence-corrected chi connectivity index (χ0v) is 19.0. The van der Waals surface area contributed by atoms with Gasteiger partial charge in [0.25, 0.3) is 0 Å². The van der Waals surface area contributed by atoms with Crippen LogP contribution in [0.25, 0.3) is 0 Å². The number of benzene rings is 2. The third kappa shape index (κ3) is 5.07. The molecule has 6 nitrogen and oxygen atoms in total. The van der Waals surface area contributed by atoms with Crippen molar-refractivity contribution in [2.45, 2.75) is 39.2 Å². The number of nitrogens with zero attached hydrogens (tertiary/aromatic N) is 4. The fourth-order valence-electron chi connectivity index (χ4n) is 4.62. The van der Waals surface area contributed by atoms with E-state index in [2.05, 4.69) is 34.3 Å². The molecule has 2 aromatic carbocycles. The van der Waals surface area contributed by atoms with E-state index >= 15 is 0 Å². The minimum absolute atomic E-state index is 0.0485. The summed E-state index contributed by atoms with van der Waals surface area (Å²) in [6, 6.07) is 20.6. The number of likely N-dealkylation sites (tertiary alicyclic amines) is 1. The van der Waals surface area contributed by atoms with Crippen LogP contribution in [-0.4, -0.2) is 52.0 Å². The van der Waals surface area contributed by atoms with Crippen LogP contribution in [-0.2, 0) is 11.3 Å². The van der Waals surface area contributed by atoms with Crippen LogP contribution in [0.15, 0.2) is 65.2 Å². The molecule has 2 heterocycles. The Morgan fingerprint density at radius 2 is 1.69 bits per heavy atom. The van der Waals surface area contributed by atoms with Gasteiger partial charge in [-0.3, -0.25) is 9.69 Å². The number of rotatable bonds is 8. The van der Waals surface area contributed by atoms with Gasteiger partial charge >= 0.3 is 0 Å². The Balaban J connectivity index is 1.49. The van der Waals surface area contributed by atoms with Gasteiger partial charge < -0.3 is 9.42 Å². The van der Waals surface area contributed by atoms with Crippen LogP contribution in [0.1, 0.15) is 55.4 Å². The highest BCUT2D eigenvalue weighted by atomic mass is 16.5. The second kappa shape index (κ2) is 10.6. The van der Waals surface area contributed by atoms with Crippen LogP contribution in [0.2, 0.25) is 0 Å². The van der Waals surface area contributed by atoms with E-state index in [0.29, 0.717) is 18.3 Å². The zero-order valence-electron chi connectivity index (χ0n) is 19.0. The first-order valence-electron chi connectivity index (χ1n) is 11.6. The molecule has 0 spiro atoms. The fourth-order valence-corrected chi connectivity index (χ4v) is 4.62. The van der Waals surface area contributed by atoms with Crippen molar-refractivity contribution < 1.29 is 9.32 Å². The van der Waals surface area contributed by atoms with E-state index < -0.39 is 0 Å². The Kier molecular flexibility index (Phi) is 7.32. The summed E-state index contributed by atoms with van der Waals surface area (Å²) in [7, 11) is 0. The van der Waals surface area contributed by atoms with Gasteiger partial charge in [0, 0.05) is 19.6 Å². The van der Waals surface area contributed by atoms with Gasteiger partial charge in [0.05, 0.1) is 18.4 Å². The van der Waals surface area contributed by atoms with Crippen molar-refractivity contribution in [1.29, 1.82) is 0 Å². The molecule has 4 rings (SSSR count). The molecule has 1 amide bonds. The van der Waals surface area contributed by atoms with Gasteiger partial charge in [0.15, 0.2) is 5.82 Å². The maximum atomic E-state index is 12.8. The summed E-state index contributed by atoms with van der Waals surface area (Å²) in [5.74, 6) is 1.51. The summed E-state index contributed by atoms with van der Waals surface area (Å²) in [5.41, 5.74) is 2.27. The van der Waals surface area contributed by atoms with Crippen LogP contribution in [0.5, 0.6) is 0 Å². The minimum Gasteiger partial charge on any atom is -0.343 e. The minimum atomic E-state index is -0.0757. The number of aromatic nitrogens is 2. The van der Waals surface area contributed by atoms with E-state index in [4.69, 9.17) is 9.51 Å². The Morgan fingerprint density at radius 3 is 2.28 bits per heavy atom. The highest BCUT2D eigenvalue weighted by Crippen LogP contribution is 2.30. The molecule has 0 N–H and O–H groups in total. The van der Waals surface area contributed by atoms with E-state index in [9.17, 15) is 4.79 Å². The van der Waals surface area contributed by atoms with Crippen molar-refractivity contribution in [3.63, 3.8) is 0 Å². The van der Waals surface area contributed by atoms with Crippen molar-refractivity contribution in [3.8, 4) is 0 Å². The molecule has 1 aromatic heterocycles. The van der Waals surface area contributed by atoms with Gasteiger partial charge in [-0.1, -0.05) is 65.8 Å². The lowest BCUT2D eigenvalue weighted by Crippen LogP contribution is -2.44. The SMILES string of the molecule is CCN(CC)C(=O)[C@@H]1CCCN(Cc2nc(C(c3ccccc3)c3ccccc3)no2)C1. The van der Waals surface area contributed by atoms with Crippen LogP contribution < -0.4 is 0 Å². The van der Waals surface area contributed by atoms with Crippen LogP contribution in [0, 0.1) is 5.92 Å². The molecular formula is C26H32N4O2. The van der Waals surface area contributed by atoms with Gasteiger partial charge in [0.2, 0.25) is 11.8 Å². The lowest BCUT2D eigenvalue weighted by Gasteiger charge is -2.33. The van der Waals surface area contributed by atoms with Crippen LogP contribution in [0.3, 0.4) is 0 Å². The Labute approximate surface area is 190 Å². The van der Waals surface area contributed by atoms with Gasteiger partial charge in [0.1, 0.15) is 0 Å². The number of hydrogen-bond donors (Lipinski definition) is 0. The maximum absolute atomic E-state index is 12.8. The van der Waals surface area contributed by atoms with E-state index in [0.717, 1.165) is 50.1 Å². The van der Waals surface area contributed by atoms with Crippen molar-refractivity contribution in [1.82, 2.24) is 19.9 Å². The van der Waals surface area contributed by atoms with E-state index in [1.165, 1.54) is 0 Å². The largest absolute Gasteiger partial charge is 0.343 e. The van der Waals surface area contributed by atoms with Crippen LogP contribution in [0.4, 0.5) is 0 Å². The molecule has 1 saturated heterocycles. The smallest absolute Gasteiger partial charge is 0.240 e. The number of carbonyl (C=O) groups is 1. The molecule has 1 fully saturated rings. The second-order valence-electron chi connectivity index (χ2n) is 8.39. The third-order valence-corrected chi connectivity index (χ3v) is 6.30. The monoisotopic (exact) mass is 432 g/mol. The molecule has 1 atom stereocenters. The van der Waals surface area contributed by atoms with Crippen molar-refractivity contribution >= 4 is 5.91 Å². The highest BCUT2D eigenvalue weighted by Gasteiger charge is 2.29. The summed E-state index contributed by atoms with van der Waals surface area (Å²) in [5, 5.41) is 4.36. The lowest BCUT2D eigenvalue weighted by molar-refractivity contribution is -0.137.